The molecule has 0 saturated carbocycles. The second kappa shape index (κ2) is 9.20. The zero-order chi connectivity index (χ0) is 21.1. The Kier molecular flexibility index (Phi) is 6.41. The summed E-state index contributed by atoms with van der Waals surface area (Å²) < 4.78 is 1.18. The van der Waals surface area contributed by atoms with E-state index in [9.17, 15) is 9.59 Å². The number of anilines is 1. The van der Waals surface area contributed by atoms with Gasteiger partial charge in [0, 0.05) is 39.8 Å². The van der Waals surface area contributed by atoms with Crippen LogP contribution in [0.15, 0.2) is 70.0 Å². The SMILES string of the molecule is C[C@@H]1CC(=O)N=NC1c1ccc(NC2=C(Cc3cccc(I)c3)C(=O)CCC2)cc1. The minimum atomic E-state index is -0.147. The Balaban J connectivity index is 1.54. The van der Waals surface area contributed by atoms with Crippen molar-refractivity contribution < 1.29 is 9.59 Å². The topological polar surface area (TPSA) is 70.9 Å². The maximum absolute atomic E-state index is 12.7. The van der Waals surface area contributed by atoms with Crippen LogP contribution >= 0.6 is 22.6 Å². The smallest absolute Gasteiger partial charge is 0.264 e. The molecule has 2 aromatic rings. The number of hydrogen-bond donors (Lipinski definition) is 1. The van der Waals surface area contributed by atoms with Gasteiger partial charge in [0.15, 0.2) is 5.78 Å². The molecule has 1 aliphatic heterocycles. The Bertz CT molecular complexity index is 1030. The van der Waals surface area contributed by atoms with Crippen molar-refractivity contribution in [3.63, 3.8) is 0 Å². The quantitative estimate of drug-likeness (QED) is 0.498. The lowest BCUT2D eigenvalue weighted by Gasteiger charge is -2.23. The van der Waals surface area contributed by atoms with Crippen molar-refractivity contribution in [2.75, 3.05) is 5.32 Å². The molecular formula is C24H24IN3O2. The molecule has 2 aromatic carbocycles. The molecule has 0 fully saturated rings. The Labute approximate surface area is 190 Å². The third kappa shape index (κ3) is 4.86. The highest BCUT2D eigenvalue weighted by molar-refractivity contribution is 14.1. The molecule has 1 heterocycles. The number of Topliss-reactive ketones (excluding diaryl/α,β-unsaturated/α-hetero) is 1. The van der Waals surface area contributed by atoms with Crippen molar-refractivity contribution in [2.45, 2.75) is 45.1 Å². The number of hydrogen-bond acceptors (Lipinski definition) is 4. The molecule has 0 radical (unpaired) electrons. The maximum atomic E-state index is 12.7. The molecule has 0 aromatic heterocycles. The third-order valence-electron chi connectivity index (χ3n) is 5.68. The van der Waals surface area contributed by atoms with Crippen molar-refractivity contribution in [1.82, 2.24) is 0 Å². The summed E-state index contributed by atoms with van der Waals surface area (Å²) in [7, 11) is 0. The molecule has 0 spiro atoms. The number of nitrogens with zero attached hydrogens (tertiary/aromatic N) is 2. The van der Waals surface area contributed by atoms with Crippen molar-refractivity contribution in [3.8, 4) is 0 Å². The molecule has 1 aliphatic carbocycles. The van der Waals surface area contributed by atoms with Crippen LogP contribution in [0.3, 0.4) is 0 Å². The van der Waals surface area contributed by atoms with Gasteiger partial charge >= 0.3 is 0 Å². The van der Waals surface area contributed by atoms with Gasteiger partial charge in [-0.1, -0.05) is 31.2 Å². The van der Waals surface area contributed by atoms with Crippen molar-refractivity contribution in [3.05, 3.63) is 74.5 Å². The number of nitrogens with one attached hydrogen (secondary N) is 1. The number of carbonyl (C=O) groups is 2. The monoisotopic (exact) mass is 513 g/mol. The lowest BCUT2D eigenvalue weighted by atomic mass is 9.90. The fraction of sp³-hybridized carbons (Fsp3) is 0.333. The van der Waals surface area contributed by atoms with Crippen LogP contribution in [-0.4, -0.2) is 11.7 Å². The van der Waals surface area contributed by atoms with Gasteiger partial charge in [-0.05, 0) is 76.7 Å². The van der Waals surface area contributed by atoms with E-state index in [4.69, 9.17) is 0 Å². The van der Waals surface area contributed by atoms with Gasteiger partial charge in [0.2, 0.25) is 0 Å². The number of amides is 1. The molecule has 2 aliphatic rings. The summed E-state index contributed by atoms with van der Waals surface area (Å²) in [5.74, 6) is 0.236. The average molecular weight is 513 g/mol. The first-order valence-corrected chi connectivity index (χ1v) is 11.4. The maximum Gasteiger partial charge on any atom is 0.264 e. The number of halogens is 1. The summed E-state index contributed by atoms with van der Waals surface area (Å²) in [6.07, 6.45) is 3.47. The fourth-order valence-electron chi connectivity index (χ4n) is 4.09. The number of ketones is 1. The van der Waals surface area contributed by atoms with E-state index in [2.05, 4.69) is 56.3 Å². The number of azo groups is 1. The van der Waals surface area contributed by atoms with Gasteiger partial charge < -0.3 is 5.32 Å². The first-order chi connectivity index (χ1) is 14.5. The number of carbonyl (C=O) groups excluding carboxylic acids is 2. The molecule has 1 N–H and O–H groups in total. The second-order valence-corrected chi connectivity index (χ2v) is 9.27. The van der Waals surface area contributed by atoms with Crippen LogP contribution in [0, 0.1) is 9.49 Å². The van der Waals surface area contributed by atoms with Gasteiger partial charge in [0.25, 0.3) is 5.91 Å². The van der Waals surface area contributed by atoms with E-state index < -0.39 is 0 Å². The normalized spacial score (nSPS) is 21.8. The summed E-state index contributed by atoms with van der Waals surface area (Å²) in [4.78, 5) is 24.1. The number of rotatable bonds is 5. The summed E-state index contributed by atoms with van der Waals surface area (Å²) in [6, 6.07) is 16.3. The Morgan fingerprint density at radius 3 is 2.63 bits per heavy atom. The average Bonchev–Trinajstić information content (AvgIpc) is 2.71. The Morgan fingerprint density at radius 1 is 1.10 bits per heavy atom. The fourth-order valence-corrected chi connectivity index (χ4v) is 4.70. The summed E-state index contributed by atoms with van der Waals surface area (Å²) >= 11 is 2.30. The zero-order valence-electron chi connectivity index (χ0n) is 16.9. The van der Waals surface area contributed by atoms with E-state index in [1.165, 1.54) is 3.57 Å². The molecule has 0 bridgehead atoms. The summed E-state index contributed by atoms with van der Waals surface area (Å²) in [6.45, 7) is 2.03. The van der Waals surface area contributed by atoms with Crippen LogP contribution in [0.4, 0.5) is 5.69 Å². The standard InChI is InChI=1S/C24H24IN3O2/c1-15-12-23(30)27-28-24(15)17-8-10-19(11-9-17)26-21-6-3-7-22(29)20(21)14-16-4-2-5-18(25)13-16/h2,4-5,8-11,13,15,24,26H,3,6-7,12,14H2,1H3/t15-,24?/m1/s1. The predicted molar refractivity (Wildman–Crippen MR) is 125 cm³/mol. The molecule has 1 amide bonds. The zero-order valence-corrected chi connectivity index (χ0v) is 19.1. The largest absolute Gasteiger partial charge is 0.359 e. The highest BCUT2D eigenvalue weighted by atomic mass is 127. The first-order valence-electron chi connectivity index (χ1n) is 10.3. The Hall–Kier alpha value is -2.35. The van der Waals surface area contributed by atoms with E-state index in [1.807, 2.05) is 37.3 Å². The molecule has 6 heteroatoms. The van der Waals surface area contributed by atoms with Crippen LogP contribution in [0.25, 0.3) is 0 Å². The molecule has 1 unspecified atom stereocenters. The molecule has 30 heavy (non-hydrogen) atoms. The van der Waals surface area contributed by atoms with Gasteiger partial charge in [0.05, 0.1) is 6.04 Å². The van der Waals surface area contributed by atoms with Crippen LogP contribution < -0.4 is 5.32 Å². The van der Waals surface area contributed by atoms with E-state index in [1.54, 1.807) is 0 Å². The second-order valence-electron chi connectivity index (χ2n) is 8.02. The molecule has 4 rings (SSSR count). The molecule has 154 valence electrons. The van der Waals surface area contributed by atoms with Crippen molar-refractivity contribution >= 4 is 40.0 Å². The predicted octanol–water partition coefficient (Wildman–Crippen LogP) is 6.01. The van der Waals surface area contributed by atoms with E-state index in [0.717, 1.165) is 40.9 Å². The van der Waals surface area contributed by atoms with Crippen LogP contribution in [0.1, 0.15) is 49.8 Å². The van der Waals surface area contributed by atoms with Crippen molar-refractivity contribution in [2.24, 2.45) is 16.1 Å². The third-order valence-corrected chi connectivity index (χ3v) is 6.35. The van der Waals surface area contributed by atoms with Crippen LogP contribution in [0.5, 0.6) is 0 Å². The van der Waals surface area contributed by atoms with E-state index in [-0.39, 0.29) is 23.7 Å². The molecule has 0 saturated heterocycles. The lowest BCUT2D eigenvalue weighted by Crippen LogP contribution is -2.18. The van der Waals surface area contributed by atoms with Gasteiger partial charge in [0.1, 0.15) is 0 Å². The van der Waals surface area contributed by atoms with E-state index in [0.29, 0.717) is 19.3 Å². The van der Waals surface area contributed by atoms with Crippen LogP contribution in [0.2, 0.25) is 0 Å². The summed E-state index contributed by atoms with van der Waals surface area (Å²) in [5.41, 5.74) is 5.08. The summed E-state index contributed by atoms with van der Waals surface area (Å²) in [5, 5.41) is 11.4. The minimum Gasteiger partial charge on any atom is -0.359 e. The molecule has 2 atom stereocenters. The molecular weight excluding hydrogens is 489 g/mol. The van der Waals surface area contributed by atoms with Gasteiger partial charge in [-0.15, -0.1) is 5.11 Å². The lowest BCUT2D eigenvalue weighted by molar-refractivity contribution is -0.120. The number of allylic oxidation sites excluding steroid dienone is 2. The van der Waals surface area contributed by atoms with Gasteiger partial charge in [-0.25, -0.2) is 0 Å². The van der Waals surface area contributed by atoms with Gasteiger partial charge in [-0.2, -0.15) is 5.11 Å². The molecule has 5 nitrogen and oxygen atoms in total. The first kappa shape index (κ1) is 20.9. The Morgan fingerprint density at radius 2 is 1.90 bits per heavy atom. The van der Waals surface area contributed by atoms with Crippen LogP contribution in [-0.2, 0) is 16.0 Å². The number of benzene rings is 2. The van der Waals surface area contributed by atoms with Crippen molar-refractivity contribution in [1.29, 1.82) is 0 Å². The van der Waals surface area contributed by atoms with Gasteiger partial charge in [-0.3, -0.25) is 9.59 Å². The highest BCUT2D eigenvalue weighted by Crippen LogP contribution is 2.33. The highest BCUT2D eigenvalue weighted by Gasteiger charge is 2.26. The van der Waals surface area contributed by atoms with E-state index >= 15 is 0 Å². The minimum absolute atomic E-state index is 0.0802.